The monoisotopic (exact) mass is 578 g/mol. The van der Waals surface area contributed by atoms with Gasteiger partial charge in [0.2, 0.25) is 0 Å². The van der Waals surface area contributed by atoms with Crippen LogP contribution >= 0.6 is 0 Å². The molecule has 2 aromatic heterocycles. The quantitative estimate of drug-likeness (QED) is 0.235. The number of alkyl halides is 3. The van der Waals surface area contributed by atoms with E-state index in [4.69, 9.17) is 0 Å². The Labute approximate surface area is 177 Å². The molecule has 0 amide bonds. The summed E-state index contributed by atoms with van der Waals surface area (Å²) in [5.41, 5.74) is 0.608. The molecule has 4 rings (SSSR count). The zero-order chi connectivity index (χ0) is 20.1. The van der Waals surface area contributed by atoms with Gasteiger partial charge in [0.25, 0.3) is 0 Å². The SMILES string of the molecule is Fc1c[c-]c(-c2ccc(C(F)(F)F)cn2)cc1.Oc1cccc2cccnc12.[Ir]. The third-order valence-electron chi connectivity index (χ3n) is 3.75. The van der Waals surface area contributed by atoms with Crippen LogP contribution in [-0.2, 0) is 26.3 Å². The average Bonchev–Trinajstić information content (AvgIpc) is 2.69. The zero-order valence-corrected chi connectivity index (χ0v) is 17.0. The molecule has 2 heterocycles. The van der Waals surface area contributed by atoms with Gasteiger partial charge in [-0.1, -0.05) is 30.3 Å². The fourth-order valence-electron chi connectivity index (χ4n) is 2.37. The van der Waals surface area contributed by atoms with E-state index in [0.29, 0.717) is 16.8 Å². The van der Waals surface area contributed by atoms with E-state index in [1.165, 1.54) is 18.2 Å². The second-order valence-corrected chi connectivity index (χ2v) is 5.70. The van der Waals surface area contributed by atoms with Crippen molar-refractivity contribution in [1.82, 2.24) is 9.97 Å². The molecule has 0 saturated heterocycles. The molecule has 0 aliphatic carbocycles. The molecule has 2 aromatic carbocycles. The van der Waals surface area contributed by atoms with Gasteiger partial charge < -0.3 is 10.1 Å². The number of hydrogen-bond donors (Lipinski definition) is 1. The number of fused-ring (bicyclic) bond motifs is 1. The number of rotatable bonds is 1. The fourth-order valence-corrected chi connectivity index (χ4v) is 2.37. The van der Waals surface area contributed by atoms with E-state index in [1.54, 1.807) is 18.3 Å². The van der Waals surface area contributed by atoms with E-state index in [1.807, 2.05) is 18.2 Å². The van der Waals surface area contributed by atoms with E-state index in [-0.39, 0.29) is 25.9 Å². The van der Waals surface area contributed by atoms with Gasteiger partial charge in [-0.25, -0.2) is 0 Å². The van der Waals surface area contributed by atoms with Crippen molar-refractivity contribution < 1.29 is 42.8 Å². The summed E-state index contributed by atoms with van der Waals surface area (Å²) in [6.07, 6.45) is -1.99. The molecular weight excluding hydrogens is 564 g/mol. The van der Waals surface area contributed by atoms with Crippen molar-refractivity contribution in [2.45, 2.75) is 6.18 Å². The Morgan fingerprint density at radius 1 is 0.897 bits per heavy atom. The molecule has 1 radical (unpaired) electrons. The average molecular weight is 578 g/mol. The molecule has 151 valence electrons. The van der Waals surface area contributed by atoms with Crippen LogP contribution in [0, 0.1) is 11.9 Å². The van der Waals surface area contributed by atoms with Crippen LogP contribution in [0.1, 0.15) is 5.56 Å². The van der Waals surface area contributed by atoms with Crippen LogP contribution < -0.4 is 0 Å². The van der Waals surface area contributed by atoms with Crippen LogP contribution in [0.2, 0.25) is 0 Å². The van der Waals surface area contributed by atoms with Crippen molar-refractivity contribution in [3.8, 4) is 17.0 Å². The van der Waals surface area contributed by atoms with Gasteiger partial charge in [-0.2, -0.15) is 13.2 Å². The first-order valence-electron chi connectivity index (χ1n) is 8.08. The summed E-state index contributed by atoms with van der Waals surface area (Å²) in [6, 6.07) is 17.6. The summed E-state index contributed by atoms with van der Waals surface area (Å²) in [6.45, 7) is 0. The second kappa shape index (κ2) is 9.58. The van der Waals surface area contributed by atoms with Crippen molar-refractivity contribution in [1.29, 1.82) is 0 Å². The smallest absolute Gasteiger partial charge is 0.417 e. The molecule has 8 heteroatoms. The van der Waals surface area contributed by atoms with Crippen LogP contribution in [0.25, 0.3) is 22.2 Å². The number of phenolic OH excluding ortho intramolecular Hbond substituents is 1. The van der Waals surface area contributed by atoms with Gasteiger partial charge in [0, 0.05) is 43.7 Å². The number of benzene rings is 2. The molecule has 0 fully saturated rings. The van der Waals surface area contributed by atoms with Gasteiger partial charge >= 0.3 is 6.18 Å². The first-order chi connectivity index (χ1) is 13.3. The molecule has 3 nitrogen and oxygen atoms in total. The molecule has 1 N–H and O–H groups in total. The first kappa shape index (κ1) is 22.5. The first-order valence-corrected chi connectivity index (χ1v) is 8.08. The summed E-state index contributed by atoms with van der Waals surface area (Å²) in [4.78, 5) is 7.70. The Balaban J connectivity index is 0.000000217. The van der Waals surface area contributed by atoms with Crippen LogP contribution in [-0.4, -0.2) is 15.1 Å². The van der Waals surface area contributed by atoms with E-state index < -0.39 is 17.6 Å². The van der Waals surface area contributed by atoms with Crippen LogP contribution in [0.3, 0.4) is 0 Å². The number of pyridine rings is 2. The molecule has 0 aliphatic heterocycles. The maximum absolute atomic E-state index is 12.6. The Bertz CT molecular complexity index is 1060. The van der Waals surface area contributed by atoms with Gasteiger partial charge in [-0.05, 0) is 17.8 Å². The van der Waals surface area contributed by atoms with Crippen molar-refractivity contribution in [2.75, 3.05) is 0 Å². The summed E-state index contributed by atoms with van der Waals surface area (Å²) < 4.78 is 49.5. The van der Waals surface area contributed by atoms with Gasteiger partial charge in [0.05, 0.1) is 5.56 Å². The summed E-state index contributed by atoms with van der Waals surface area (Å²) in [5, 5.41) is 10.3. The van der Waals surface area contributed by atoms with Crippen LogP contribution in [0.4, 0.5) is 17.6 Å². The number of halogens is 4. The predicted octanol–water partition coefficient (Wildman–Crippen LogP) is 5.64. The number of aromatic nitrogens is 2. The number of aromatic hydroxyl groups is 1. The topological polar surface area (TPSA) is 46.0 Å². The third-order valence-corrected chi connectivity index (χ3v) is 3.75. The molecule has 0 aliphatic rings. The summed E-state index contributed by atoms with van der Waals surface area (Å²) in [7, 11) is 0. The van der Waals surface area contributed by atoms with E-state index in [0.717, 1.165) is 23.7 Å². The molecule has 29 heavy (non-hydrogen) atoms. The van der Waals surface area contributed by atoms with Crippen molar-refractivity contribution in [2.24, 2.45) is 0 Å². The van der Waals surface area contributed by atoms with Gasteiger partial charge in [0.1, 0.15) is 11.3 Å². The third kappa shape index (κ3) is 5.82. The maximum atomic E-state index is 12.6. The van der Waals surface area contributed by atoms with E-state index in [2.05, 4.69) is 16.0 Å². The Hall–Kier alpha value is -2.83. The number of para-hydroxylation sites is 1. The second-order valence-electron chi connectivity index (χ2n) is 5.70. The molecule has 0 saturated carbocycles. The van der Waals surface area contributed by atoms with Gasteiger partial charge in [-0.15, -0.1) is 29.8 Å². The largest absolute Gasteiger partial charge is 0.506 e. The standard InChI is InChI=1S/C12H6F4N.C9H7NO.Ir/c13-10-4-1-8(2-5-10)11-6-3-9(7-17-11)12(14,15)16;11-8-5-1-3-7-4-2-6-10-9(7)8;/h1,3-7H;1-6,11H;/q-1;;. The molecule has 4 aromatic rings. The number of phenols is 1. The Morgan fingerprint density at radius 2 is 1.66 bits per heavy atom. The zero-order valence-electron chi connectivity index (χ0n) is 14.6. The maximum Gasteiger partial charge on any atom is 0.417 e. The number of hydrogen-bond acceptors (Lipinski definition) is 3. The summed E-state index contributed by atoms with van der Waals surface area (Å²) in [5.74, 6) is -0.219. The minimum atomic E-state index is -4.40. The minimum Gasteiger partial charge on any atom is -0.506 e. The fraction of sp³-hybridized carbons (Fsp3) is 0.0476. The van der Waals surface area contributed by atoms with E-state index in [9.17, 15) is 22.7 Å². The minimum absolute atomic E-state index is 0. The van der Waals surface area contributed by atoms with E-state index >= 15 is 0 Å². The molecule has 0 unspecified atom stereocenters. The predicted molar refractivity (Wildman–Crippen MR) is 96.9 cm³/mol. The van der Waals surface area contributed by atoms with Gasteiger partial charge in [-0.3, -0.25) is 9.37 Å². The Morgan fingerprint density at radius 3 is 2.24 bits per heavy atom. The van der Waals surface area contributed by atoms with Crippen molar-refractivity contribution in [3.05, 3.63) is 90.5 Å². The van der Waals surface area contributed by atoms with Crippen LogP contribution in [0.5, 0.6) is 5.75 Å². The van der Waals surface area contributed by atoms with Crippen LogP contribution in [0.15, 0.2) is 73.1 Å². The van der Waals surface area contributed by atoms with Crippen molar-refractivity contribution in [3.63, 3.8) is 0 Å². The molecule has 0 bridgehead atoms. The molecule has 0 atom stereocenters. The van der Waals surface area contributed by atoms with Gasteiger partial charge in [0.15, 0.2) is 0 Å². The Kier molecular flexibility index (Phi) is 7.42. The summed E-state index contributed by atoms with van der Waals surface area (Å²) >= 11 is 0. The molecular formula is C21H13F4IrN2O-. The van der Waals surface area contributed by atoms with Crippen molar-refractivity contribution >= 4 is 10.9 Å². The number of nitrogens with zero attached hydrogens (tertiary/aromatic N) is 2. The normalized spacial score (nSPS) is 10.6. The molecule has 0 spiro atoms.